The van der Waals surface area contributed by atoms with E-state index in [0.29, 0.717) is 37.5 Å². The fraction of sp³-hybridized carbons (Fsp3) is 0.286. The van der Waals surface area contributed by atoms with Crippen molar-refractivity contribution >= 4 is 11.6 Å². The Morgan fingerprint density at radius 1 is 1.07 bits per heavy atom. The van der Waals surface area contributed by atoms with Gasteiger partial charge in [-0.3, -0.25) is 14.7 Å². The van der Waals surface area contributed by atoms with Crippen molar-refractivity contribution in [3.05, 3.63) is 66.0 Å². The van der Waals surface area contributed by atoms with Gasteiger partial charge < -0.3 is 9.64 Å². The Morgan fingerprint density at radius 2 is 1.90 bits per heavy atom. The number of aryl methyl sites for hydroxylation is 1. The van der Waals surface area contributed by atoms with Crippen LogP contribution in [0.4, 0.5) is 5.69 Å². The lowest BCUT2D eigenvalue weighted by atomic mass is 10.1. The Balaban J connectivity index is 1.54. The summed E-state index contributed by atoms with van der Waals surface area (Å²) >= 11 is 0. The van der Waals surface area contributed by atoms with Gasteiger partial charge in [0, 0.05) is 19.2 Å². The molecular formula is C21H23N5O3. The predicted molar refractivity (Wildman–Crippen MR) is 108 cm³/mol. The largest absolute Gasteiger partial charge is 0.497 e. The zero-order valence-corrected chi connectivity index (χ0v) is 16.5. The smallest absolute Gasteiger partial charge is 0.256 e. The molecule has 2 heterocycles. The number of amides is 1. The number of anilines is 1. The molecule has 1 aliphatic heterocycles. The summed E-state index contributed by atoms with van der Waals surface area (Å²) in [6.07, 6.45) is 3.19. The highest BCUT2D eigenvalue weighted by Crippen LogP contribution is 2.23. The van der Waals surface area contributed by atoms with Crippen molar-refractivity contribution in [2.45, 2.75) is 6.92 Å². The van der Waals surface area contributed by atoms with Crippen molar-refractivity contribution in [2.24, 2.45) is 0 Å². The number of benzene rings is 2. The Kier molecular flexibility index (Phi) is 5.44. The number of hydrogen-bond donors (Lipinski definition) is 0. The van der Waals surface area contributed by atoms with E-state index in [1.165, 1.54) is 4.80 Å². The van der Waals surface area contributed by atoms with Crippen molar-refractivity contribution < 1.29 is 14.4 Å². The van der Waals surface area contributed by atoms with Gasteiger partial charge in [0.15, 0.2) is 0 Å². The van der Waals surface area contributed by atoms with Gasteiger partial charge in [0.2, 0.25) is 0 Å². The summed E-state index contributed by atoms with van der Waals surface area (Å²) in [6.45, 7) is 3.96. The Bertz CT molecular complexity index is 990. The second-order valence-electron chi connectivity index (χ2n) is 6.77. The van der Waals surface area contributed by atoms with E-state index in [1.807, 2.05) is 59.4 Å². The van der Waals surface area contributed by atoms with Gasteiger partial charge >= 0.3 is 0 Å². The lowest BCUT2D eigenvalue weighted by molar-refractivity contribution is 0.0730. The molecule has 1 aliphatic rings. The van der Waals surface area contributed by atoms with Gasteiger partial charge in [-0.25, -0.2) is 0 Å². The van der Waals surface area contributed by atoms with Crippen LogP contribution in [0.15, 0.2) is 54.9 Å². The second kappa shape index (κ2) is 8.32. The van der Waals surface area contributed by atoms with Crippen LogP contribution in [-0.2, 0) is 4.84 Å². The van der Waals surface area contributed by atoms with Gasteiger partial charge in [-0.15, -0.1) is 0 Å². The molecule has 0 atom stereocenters. The van der Waals surface area contributed by atoms with E-state index in [4.69, 9.17) is 9.57 Å². The van der Waals surface area contributed by atoms with Crippen LogP contribution >= 0.6 is 0 Å². The molecule has 150 valence electrons. The normalized spacial score (nSPS) is 14.6. The van der Waals surface area contributed by atoms with Crippen LogP contribution in [0.1, 0.15) is 15.9 Å². The van der Waals surface area contributed by atoms with Gasteiger partial charge in [0.25, 0.3) is 5.91 Å². The number of hydrogen-bond acceptors (Lipinski definition) is 6. The molecule has 0 radical (unpaired) electrons. The molecular weight excluding hydrogens is 370 g/mol. The molecule has 2 aromatic carbocycles. The Labute approximate surface area is 169 Å². The van der Waals surface area contributed by atoms with Crippen molar-refractivity contribution in [3.63, 3.8) is 0 Å². The highest BCUT2D eigenvalue weighted by molar-refractivity contribution is 5.98. The van der Waals surface area contributed by atoms with Crippen LogP contribution in [-0.4, -0.2) is 59.2 Å². The SMILES string of the molecule is COc1cccc(N2CCN(C(=O)c3cc(C)ccc3-n3nccn3)CCO2)c1. The van der Waals surface area contributed by atoms with E-state index < -0.39 is 0 Å². The lowest BCUT2D eigenvalue weighted by Crippen LogP contribution is -2.36. The lowest BCUT2D eigenvalue weighted by Gasteiger charge is -2.23. The molecule has 3 aromatic rings. The zero-order chi connectivity index (χ0) is 20.2. The maximum atomic E-state index is 13.3. The molecule has 0 N–H and O–H groups in total. The number of hydroxylamine groups is 1. The van der Waals surface area contributed by atoms with Gasteiger partial charge in [-0.1, -0.05) is 17.7 Å². The second-order valence-corrected chi connectivity index (χ2v) is 6.77. The van der Waals surface area contributed by atoms with Crippen LogP contribution in [0.25, 0.3) is 5.69 Å². The monoisotopic (exact) mass is 393 g/mol. The fourth-order valence-corrected chi connectivity index (χ4v) is 3.33. The first-order valence-electron chi connectivity index (χ1n) is 9.47. The van der Waals surface area contributed by atoms with Gasteiger partial charge in [0.1, 0.15) is 5.75 Å². The minimum absolute atomic E-state index is 0.0582. The number of carbonyl (C=O) groups is 1. The number of nitrogens with zero attached hydrogens (tertiary/aromatic N) is 5. The third-order valence-electron chi connectivity index (χ3n) is 4.83. The van der Waals surface area contributed by atoms with Crippen molar-refractivity contribution in [2.75, 3.05) is 38.4 Å². The molecule has 0 bridgehead atoms. The molecule has 8 heteroatoms. The minimum atomic E-state index is -0.0582. The minimum Gasteiger partial charge on any atom is -0.497 e. The standard InChI is InChI=1S/C21H23N5O3/c1-16-6-7-20(26-22-8-9-23-26)19(14-16)21(27)24-10-11-25(29-13-12-24)17-4-3-5-18(15-17)28-2/h3-9,14-15H,10-13H2,1-2H3. The Hall–Kier alpha value is -3.39. The van der Waals surface area contributed by atoms with E-state index in [-0.39, 0.29) is 5.91 Å². The maximum absolute atomic E-state index is 13.3. The van der Waals surface area contributed by atoms with Crippen LogP contribution in [0, 0.1) is 6.92 Å². The summed E-state index contributed by atoms with van der Waals surface area (Å²) < 4.78 is 5.29. The van der Waals surface area contributed by atoms with Crippen LogP contribution in [0.2, 0.25) is 0 Å². The van der Waals surface area contributed by atoms with Crippen molar-refractivity contribution in [1.82, 2.24) is 19.9 Å². The molecule has 29 heavy (non-hydrogen) atoms. The highest BCUT2D eigenvalue weighted by Gasteiger charge is 2.24. The van der Waals surface area contributed by atoms with Crippen molar-refractivity contribution in [1.29, 1.82) is 0 Å². The molecule has 4 rings (SSSR count). The number of ether oxygens (including phenoxy) is 1. The first-order valence-corrected chi connectivity index (χ1v) is 9.47. The maximum Gasteiger partial charge on any atom is 0.256 e. The average molecular weight is 393 g/mol. The van der Waals surface area contributed by atoms with Gasteiger partial charge in [-0.05, 0) is 31.2 Å². The molecule has 1 aromatic heterocycles. The highest BCUT2D eigenvalue weighted by atomic mass is 16.7. The molecule has 0 saturated carbocycles. The summed E-state index contributed by atoms with van der Waals surface area (Å²) in [5.41, 5.74) is 3.15. The quantitative estimate of drug-likeness (QED) is 0.678. The molecule has 1 amide bonds. The van der Waals surface area contributed by atoms with Crippen LogP contribution < -0.4 is 9.80 Å². The van der Waals surface area contributed by atoms with Gasteiger partial charge in [-0.2, -0.15) is 15.0 Å². The molecule has 1 saturated heterocycles. The van der Waals surface area contributed by atoms with Crippen LogP contribution in [0.5, 0.6) is 5.75 Å². The number of carbonyl (C=O) groups excluding carboxylic acids is 1. The van der Waals surface area contributed by atoms with Crippen molar-refractivity contribution in [3.8, 4) is 11.4 Å². The average Bonchev–Trinajstić information content (AvgIpc) is 3.17. The van der Waals surface area contributed by atoms with E-state index in [0.717, 1.165) is 17.0 Å². The molecule has 1 fully saturated rings. The van der Waals surface area contributed by atoms with E-state index in [1.54, 1.807) is 19.5 Å². The number of aromatic nitrogens is 3. The Morgan fingerprint density at radius 3 is 2.69 bits per heavy atom. The first-order chi connectivity index (χ1) is 14.2. The summed E-state index contributed by atoms with van der Waals surface area (Å²) in [4.78, 5) is 22.5. The topological polar surface area (TPSA) is 72.7 Å². The number of methoxy groups -OCH3 is 1. The third kappa shape index (κ3) is 4.07. The third-order valence-corrected chi connectivity index (χ3v) is 4.83. The fourth-order valence-electron chi connectivity index (χ4n) is 3.33. The van der Waals surface area contributed by atoms with E-state index >= 15 is 0 Å². The summed E-state index contributed by atoms with van der Waals surface area (Å²) in [7, 11) is 1.64. The number of rotatable bonds is 4. The zero-order valence-electron chi connectivity index (χ0n) is 16.5. The summed E-state index contributed by atoms with van der Waals surface area (Å²) in [6, 6.07) is 13.4. The summed E-state index contributed by atoms with van der Waals surface area (Å²) in [5.74, 6) is 0.705. The summed E-state index contributed by atoms with van der Waals surface area (Å²) in [5, 5.41) is 10.2. The first kappa shape index (κ1) is 18.9. The molecule has 0 aliphatic carbocycles. The molecule has 0 unspecified atom stereocenters. The van der Waals surface area contributed by atoms with E-state index in [9.17, 15) is 4.79 Å². The predicted octanol–water partition coefficient (Wildman–Crippen LogP) is 2.48. The van der Waals surface area contributed by atoms with Gasteiger partial charge in [0.05, 0.1) is 49.6 Å². The van der Waals surface area contributed by atoms with Crippen LogP contribution in [0.3, 0.4) is 0 Å². The molecule has 8 nitrogen and oxygen atoms in total. The van der Waals surface area contributed by atoms with E-state index in [2.05, 4.69) is 10.2 Å². The molecule has 0 spiro atoms.